The summed E-state index contributed by atoms with van der Waals surface area (Å²) < 4.78 is 0. The minimum absolute atomic E-state index is 0.537. The maximum absolute atomic E-state index is 4.48. The number of hydrogen-bond donors (Lipinski definition) is 1. The second kappa shape index (κ2) is 4.13. The molecule has 2 nitrogen and oxygen atoms in total. The maximum atomic E-state index is 4.48. The number of nitrogens with zero attached hydrogens (tertiary/aromatic N) is 1. The van der Waals surface area contributed by atoms with Crippen LogP contribution in [-0.4, -0.2) is 23.5 Å². The molecular formula is C11H20N2S. The van der Waals surface area contributed by atoms with Crippen molar-refractivity contribution in [1.82, 2.24) is 5.32 Å². The fraction of sp³-hybridized carbons (Fsp3) is 0.909. The molecule has 0 amide bonds. The number of amidine groups is 1. The van der Waals surface area contributed by atoms with Gasteiger partial charge < -0.3 is 5.32 Å². The topological polar surface area (TPSA) is 24.4 Å². The molecule has 1 unspecified atom stereocenters. The smallest absolute Gasteiger partial charge is 0.156 e. The molecule has 2 rings (SSSR count). The van der Waals surface area contributed by atoms with Gasteiger partial charge in [0.1, 0.15) is 0 Å². The Morgan fingerprint density at radius 2 is 2.21 bits per heavy atom. The zero-order chi connectivity index (χ0) is 10.0. The van der Waals surface area contributed by atoms with Crippen LogP contribution in [-0.2, 0) is 0 Å². The summed E-state index contributed by atoms with van der Waals surface area (Å²) >= 11 is 1.89. The fourth-order valence-corrected chi connectivity index (χ4v) is 3.10. The second-order valence-electron chi connectivity index (χ2n) is 4.95. The third-order valence-electron chi connectivity index (χ3n) is 3.28. The van der Waals surface area contributed by atoms with Gasteiger partial charge in [0.25, 0.3) is 0 Å². The Labute approximate surface area is 90.9 Å². The van der Waals surface area contributed by atoms with Gasteiger partial charge in [-0.15, -0.1) is 0 Å². The van der Waals surface area contributed by atoms with Gasteiger partial charge in [-0.1, -0.05) is 38.5 Å². The first-order valence-electron chi connectivity index (χ1n) is 5.63. The van der Waals surface area contributed by atoms with Gasteiger partial charge in [-0.3, -0.25) is 4.99 Å². The van der Waals surface area contributed by atoms with Crippen LogP contribution in [0.2, 0.25) is 0 Å². The monoisotopic (exact) mass is 212 g/mol. The van der Waals surface area contributed by atoms with Gasteiger partial charge in [0.15, 0.2) is 5.17 Å². The van der Waals surface area contributed by atoms with E-state index < -0.39 is 0 Å². The van der Waals surface area contributed by atoms with Crippen LogP contribution in [0.4, 0.5) is 0 Å². The van der Waals surface area contributed by atoms with E-state index in [9.17, 15) is 0 Å². The predicted octanol–water partition coefficient (Wildman–Crippen LogP) is 2.65. The number of nitrogens with one attached hydrogen (secondary N) is 1. The minimum atomic E-state index is 0.537. The summed E-state index contributed by atoms with van der Waals surface area (Å²) in [7, 11) is 0. The first-order valence-corrected chi connectivity index (χ1v) is 6.51. The first-order chi connectivity index (χ1) is 6.68. The van der Waals surface area contributed by atoms with Crippen LogP contribution in [0.25, 0.3) is 0 Å². The summed E-state index contributed by atoms with van der Waals surface area (Å²) in [6.45, 7) is 6.74. The van der Waals surface area contributed by atoms with Gasteiger partial charge in [-0.25, -0.2) is 0 Å². The zero-order valence-electron chi connectivity index (χ0n) is 9.18. The summed E-state index contributed by atoms with van der Waals surface area (Å²) in [5.41, 5.74) is 0.537. The molecule has 14 heavy (non-hydrogen) atoms. The van der Waals surface area contributed by atoms with Crippen LogP contribution in [0.5, 0.6) is 0 Å². The molecule has 1 N–H and O–H groups in total. The van der Waals surface area contributed by atoms with Gasteiger partial charge in [0.05, 0.1) is 6.54 Å². The van der Waals surface area contributed by atoms with Crippen molar-refractivity contribution in [3.63, 3.8) is 0 Å². The van der Waals surface area contributed by atoms with E-state index in [0.29, 0.717) is 10.7 Å². The number of hydrogen-bond acceptors (Lipinski definition) is 3. The van der Waals surface area contributed by atoms with Crippen molar-refractivity contribution in [2.45, 2.75) is 44.8 Å². The molecule has 0 aromatic heterocycles. The van der Waals surface area contributed by atoms with Crippen molar-refractivity contribution in [2.75, 3.05) is 13.1 Å². The molecule has 2 aliphatic rings. The first kappa shape index (κ1) is 10.3. The van der Waals surface area contributed by atoms with Crippen molar-refractivity contribution in [1.29, 1.82) is 0 Å². The van der Waals surface area contributed by atoms with E-state index in [1.54, 1.807) is 0 Å². The van der Waals surface area contributed by atoms with E-state index in [4.69, 9.17) is 0 Å². The summed E-state index contributed by atoms with van der Waals surface area (Å²) in [5, 5.41) is 5.35. The molecule has 0 bridgehead atoms. The number of rotatable bonds is 2. The Morgan fingerprint density at radius 3 is 2.79 bits per heavy atom. The van der Waals surface area contributed by atoms with Gasteiger partial charge in [0.2, 0.25) is 0 Å². The highest BCUT2D eigenvalue weighted by atomic mass is 32.2. The van der Waals surface area contributed by atoms with Crippen molar-refractivity contribution < 1.29 is 0 Å². The van der Waals surface area contributed by atoms with E-state index in [1.807, 2.05) is 11.8 Å². The quantitative estimate of drug-likeness (QED) is 0.761. The molecule has 3 heteroatoms. The van der Waals surface area contributed by atoms with Crippen LogP contribution < -0.4 is 5.32 Å². The van der Waals surface area contributed by atoms with Crippen molar-refractivity contribution in [2.24, 2.45) is 10.4 Å². The lowest BCUT2D eigenvalue weighted by molar-refractivity contribution is 0.336. The Kier molecular flexibility index (Phi) is 3.05. The molecule has 1 aliphatic carbocycles. The molecule has 1 aliphatic heterocycles. The van der Waals surface area contributed by atoms with Gasteiger partial charge in [0, 0.05) is 11.8 Å². The molecule has 0 aromatic carbocycles. The highest BCUT2D eigenvalue weighted by molar-refractivity contribution is 8.14. The predicted molar refractivity (Wildman–Crippen MR) is 63.9 cm³/mol. The molecule has 0 spiro atoms. The third kappa shape index (κ3) is 2.44. The standard InChI is InChI=1S/C11H20N2S/c1-9-7-12-10(14-9)13-8-11(2)5-3-4-6-11/h9H,3-8H2,1-2H3,(H,12,13). The van der Waals surface area contributed by atoms with E-state index in [-0.39, 0.29) is 0 Å². The van der Waals surface area contributed by atoms with Crippen molar-refractivity contribution >= 4 is 16.9 Å². The lowest BCUT2D eigenvalue weighted by atomic mass is 9.89. The average molecular weight is 212 g/mol. The molecule has 1 saturated carbocycles. The van der Waals surface area contributed by atoms with Crippen LogP contribution in [0.3, 0.4) is 0 Å². The van der Waals surface area contributed by atoms with Crippen LogP contribution >= 0.6 is 11.8 Å². The summed E-state index contributed by atoms with van der Waals surface area (Å²) in [4.78, 5) is 4.48. The van der Waals surface area contributed by atoms with E-state index in [0.717, 1.165) is 13.1 Å². The summed E-state index contributed by atoms with van der Waals surface area (Å²) in [6.07, 6.45) is 5.59. The largest absolute Gasteiger partial charge is 0.364 e. The van der Waals surface area contributed by atoms with E-state index in [2.05, 4.69) is 24.2 Å². The lowest BCUT2D eigenvalue weighted by Crippen LogP contribution is -2.32. The Morgan fingerprint density at radius 1 is 1.50 bits per heavy atom. The summed E-state index contributed by atoms with van der Waals surface area (Å²) in [5.74, 6) is 0. The van der Waals surface area contributed by atoms with Gasteiger partial charge in [-0.2, -0.15) is 0 Å². The third-order valence-corrected chi connectivity index (χ3v) is 4.33. The second-order valence-corrected chi connectivity index (χ2v) is 6.37. The molecule has 0 radical (unpaired) electrons. The molecule has 1 atom stereocenters. The SMILES string of the molecule is CC1CN=C(NCC2(C)CCCC2)S1. The molecule has 1 fully saturated rings. The van der Waals surface area contributed by atoms with Crippen molar-refractivity contribution in [3.8, 4) is 0 Å². The normalized spacial score (nSPS) is 30.4. The highest BCUT2D eigenvalue weighted by Gasteiger charge is 2.29. The summed E-state index contributed by atoms with van der Waals surface area (Å²) in [6, 6.07) is 0. The molecule has 80 valence electrons. The molecule has 0 aromatic rings. The van der Waals surface area contributed by atoms with Gasteiger partial charge in [-0.05, 0) is 18.3 Å². The Bertz CT molecular complexity index is 231. The van der Waals surface area contributed by atoms with Gasteiger partial charge >= 0.3 is 0 Å². The van der Waals surface area contributed by atoms with E-state index in [1.165, 1.54) is 30.9 Å². The molecular weight excluding hydrogens is 192 g/mol. The minimum Gasteiger partial charge on any atom is -0.364 e. The van der Waals surface area contributed by atoms with Crippen LogP contribution in [0.1, 0.15) is 39.5 Å². The number of thioether (sulfide) groups is 1. The lowest BCUT2D eigenvalue weighted by Gasteiger charge is -2.24. The van der Waals surface area contributed by atoms with Crippen LogP contribution in [0.15, 0.2) is 4.99 Å². The average Bonchev–Trinajstić information content (AvgIpc) is 2.73. The number of aliphatic imine (C=N–C) groups is 1. The van der Waals surface area contributed by atoms with Crippen molar-refractivity contribution in [3.05, 3.63) is 0 Å². The molecule has 0 saturated heterocycles. The Balaban J connectivity index is 1.77. The molecule has 1 heterocycles. The highest BCUT2D eigenvalue weighted by Crippen LogP contribution is 2.37. The maximum Gasteiger partial charge on any atom is 0.156 e. The zero-order valence-corrected chi connectivity index (χ0v) is 9.99. The van der Waals surface area contributed by atoms with Crippen LogP contribution in [0, 0.1) is 5.41 Å². The Hall–Kier alpha value is -0.180. The fourth-order valence-electron chi connectivity index (χ4n) is 2.27. The van der Waals surface area contributed by atoms with E-state index >= 15 is 0 Å².